The number of aromatic nitrogens is 4. The summed E-state index contributed by atoms with van der Waals surface area (Å²) in [5.41, 5.74) is 3.45. The Kier molecular flexibility index (Phi) is 4.29. The number of aromatic amines is 1. The van der Waals surface area contributed by atoms with Crippen molar-refractivity contribution in [1.82, 2.24) is 20.2 Å². The maximum Gasteiger partial charge on any atom is 0.261 e. The lowest BCUT2D eigenvalue weighted by Gasteiger charge is -2.09. The van der Waals surface area contributed by atoms with Gasteiger partial charge < -0.3 is 0 Å². The van der Waals surface area contributed by atoms with Crippen LogP contribution in [0.5, 0.6) is 0 Å². The van der Waals surface area contributed by atoms with Crippen LogP contribution in [-0.4, -0.2) is 28.6 Å². The summed E-state index contributed by atoms with van der Waals surface area (Å²) in [6, 6.07) is 13.1. The molecule has 0 radical (unpaired) electrons. The number of H-pyrrole nitrogens is 1. The van der Waals surface area contributed by atoms with Crippen LogP contribution in [-0.2, 0) is 10.0 Å². The second-order valence-corrected chi connectivity index (χ2v) is 8.01. The molecule has 0 aliphatic carbocycles. The number of sulfonamides is 1. The van der Waals surface area contributed by atoms with E-state index in [2.05, 4.69) is 24.9 Å². The monoisotopic (exact) mass is 399 g/mol. The molecule has 2 heterocycles. The van der Waals surface area contributed by atoms with E-state index in [0.29, 0.717) is 16.4 Å². The second kappa shape index (κ2) is 6.64. The first kappa shape index (κ1) is 17.4. The molecule has 27 heavy (non-hydrogen) atoms. The van der Waals surface area contributed by atoms with E-state index < -0.39 is 10.0 Å². The van der Waals surface area contributed by atoms with Gasteiger partial charge in [-0.1, -0.05) is 29.8 Å². The molecule has 0 fully saturated rings. The van der Waals surface area contributed by atoms with Crippen molar-refractivity contribution >= 4 is 38.3 Å². The molecule has 0 saturated heterocycles. The predicted molar refractivity (Wildman–Crippen MR) is 104 cm³/mol. The normalized spacial score (nSPS) is 11.6. The summed E-state index contributed by atoms with van der Waals surface area (Å²) in [6.07, 6.45) is 1.46. The Bertz CT molecular complexity index is 1240. The molecule has 2 aromatic carbocycles. The minimum atomic E-state index is -3.72. The summed E-state index contributed by atoms with van der Waals surface area (Å²) in [6.45, 7) is 1.87. The lowest BCUT2D eigenvalue weighted by Crippen LogP contribution is -2.12. The molecule has 7 nitrogen and oxygen atoms in total. The van der Waals surface area contributed by atoms with E-state index in [1.807, 2.05) is 6.92 Å². The van der Waals surface area contributed by atoms with E-state index in [4.69, 9.17) is 11.6 Å². The van der Waals surface area contributed by atoms with Gasteiger partial charge >= 0.3 is 0 Å². The molecule has 0 amide bonds. The summed E-state index contributed by atoms with van der Waals surface area (Å²) in [5.74, 6) is 0. The summed E-state index contributed by atoms with van der Waals surface area (Å²) in [7, 11) is -3.72. The summed E-state index contributed by atoms with van der Waals surface area (Å²) >= 11 is 5.88. The summed E-state index contributed by atoms with van der Waals surface area (Å²) in [4.78, 5) is 8.61. The minimum absolute atomic E-state index is 0.102. The van der Waals surface area contributed by atoms with Gasteiger partial charge in [0.05, 0.1) is 21.7 Å². The van der Waals surface area contributed by atoms with Gasteiger partial charge in [-0.15, -0.1) is 0 Å². The lowest BCUT2D eigenvalue weighted by atomic mass is 10.1. The first-order chi connectivity index (χ1) is 12.9. The fourth-order valence-corrected chi connectivity index (χ4v) is 4.13. The van der Waals surface area contributed by atoms with Crippen molar-refractivity contribution in [2.45, 2.75) is 11.8 Å². The van der Waals surface area contributed by atoms with Crippen LogP contribution in [0.25, 0.3) is 22.3 Å². The highest BCUT2D eigenvalue weighted by atomic mass is 35.5. The number of nitrogens with one attached hydrogen (secondary N) is 2. The van der Waals surface area contributed by atoms with Crippen LogP contribution in [0.15, 0.2) is 59.8 Å². The topological polar surface area (TPSA) is 101 Å². The van der Waals surface area contributed by atoms with Crippen LogP contribution in [0.2, 0.25) is 5.02 Å². The zero-order chi connectivity index (χ0) is 19.0. The number of anilines is 1. The van der Waals surface area contributed by atoms with Crippen molar-refractivity contribution in [2.75, 3.05) is 4.72 Å². The molecule has 2 N–H and O–H groups in total. The minimum Gasteiger partial charge on any atom is -0.280 e. The van der Waals surface area contributed by atoms with Crippen molar-refractivity contribution in [3.63, 3.8) is 0 Å². The number of aryl methyl sites for hydroxylation is 1. The summed E-state index contributed by atoms with van der Waals surface area (Å²) < 4.78 is 27.5. The van der Waals surface area contributed by atoms with Gasteiger partial charge in [0.15, 0.2) is 5.65 Å². The van der Waals surface area contributed by atoms with Crippen molar-refractivity contribution < 1.29 is 8.42 Å². The Morgan fingerprint density at radius 2 is 1.85 bits per heavy atom. The number of hydrogen-bond acceptors (Lipinski definition) is 5. The molecule has 0 aliphatic heterocycles. The molecule has 0 bridgehead atoms. The number of hydrogen-bond donors (Lipinski definition) is 2. The van der Waals surface area contributed by atoms with Gasteiger partial charge in [-0.25, -0.2) is 18.4 Å². The first-order valence-electron chi connectivity index (χ1n) is 7.98. The number of halogens is 1. The van der Waals surface area contributed by atoms with Crippen LogP contribution < -0.4 is 4.72 Å². The Morgan fingerprint density at radius 1 is 1.07 bits per heavy atom. The third kappa shape index (κ3) is 3.36. The Labute approximate surface area is 160 Å². The molecule has 0 atom stereocenters. The standard InChI is InChI=1S/C18H14ClN5O2S/c1-11-16-17(20-10-21-18(16)23-22-11)12-5-7-14(8-6-12)24-27(25,26)15-4-2-3-13(19)9-15/h2-10,24H,1H3,(H,20,21,22,23). The fourth-order valence-electron chi connectivity index (χ4n) is 2.77. The van der Waals surface area contributed by atoms with Gasteiger partial charge in [-0.2, -0.15) is 5.10 Å². The van der Waals surface area contributed by atoms with E-state index in [1.54, 1.807) is 36.4 Å². The zero-order valence-electron chi connectivity index (χ0n) is 14.1. The van der Waals surface area contributed by atoms with Crippen molar-refractivity contribution in [3.8, 4) is 11.3 Å². The van der Waals surface area contributed by atoms with Gasteiger partial charge in [0.2, 0.25) is 0 Å². The molecule has 136 valence electrons. The van der Waals surface area contributed by atoms with Gasteiger partial charge in [-0.3, -0.25) is 9.82 Å². The van der Waals surface area contributed by atoms with E-state index in [9.17, 15) is 8.42 Å². The van der Waals surface area contributed by atoms with Crippen molar-refractivity contribution in [3.05, 3.63) is 65.6 Å². The quantitative estimate of drug-likeness (QED) is 0.543. The molecule has 4 aromatic rings. The van der Waals surface area contributed by atoms with Gasteiger partial charge in [0.1, 0.15) is 6.33 Å². The highest BCUT2D eigenvalue weighted by Gasteiger charge is 2.15. The van der Waals surface area contributed by atoms with Crippen LogP contribution >= 0.6 is 11.6 Å². The molecular weight excluding hydrogens is 386 g/mol. The molecule has 0 saturated carbocycles. The van der Waals surface area contributed by atoms with E-state index in [1.165, 1.54) is 18.5 Å². The molecule has 2 aromatic heterocycles. The average Bonchev–Trinajstić information content (AvgIpc) is 3.04. The zero-order valence-corrected chi connectivity index (χ0v) is 15.7. The van der Waals surface area contributed by atoms with Gasteiger partial charge in [-0.05, 0) is 37.3 Å². The molecule has 0 aliphatic rings. The Hall–Kier alpha value is -2.97. The highest BCUT2D eigenvalue weighted by molar-refractivity contribution is 7.92. The Balaban J connectivity index is 1.65. The smallest absolute Gasteiger partial charge is 0.261 e. The summed E-state index contributed by atoms with van der Waals surface area (Å²) in [5, 5.41) is 8.21. The van der Waals surface area contributed by atoms with Crippen molar-refractivity contribution in [1.29, 1.82) is 0 Å². The SMILES string of the molecule is Cc1n[nH]c2ncnc(-c3ccc(NS(=O)(=O)c4cccc(Cl)c4)cc3)c12. The van der Waals surface area contributed by atoms with E-state index in [-0.39, 0.29) is 4.90 Å². The van der Waals surface area contributed by atoms with Crippen LogP contribution in [0.1, 0.15) is 5.69 Å². The third-order valence-electron chi connectivity index (χ3n) is 4.06. The third-order valence-corrected chi connectivity index (χ3v) is 5.67. The lowest BCUT2D eigenvalue weighted by molar-refractivity contribution is 0.601. The molecule has 0 unspecified atom stereocenters. The number of rotatable bonds is 4. The maximum absolute atomic E-state index is 12.5. The highest BCUT2D eigenvalue weighted by Crippen LogP contribution is 2.28. The molecule has 0 spiro atoms. The van der Waals surface area contributed by atoms with Gasteiger partial charge in [0, 0.05) is 16.3 Å². The number of benzene rings is 2. The number of nitrogens with zero attached hydrogens (tertiary/aromatic N) is 3. The fraction of sp³-hybridized carbons (Fsp3) is 0.0556. The van der Waals surface area contributed by atoms with Crippen LogP contribution in [0.4, 0.5) is 5.69 Å². The molecule has 4 rings (SSSR count). The average molecular weight is 400 g/mol. The van der Waals surface area contributed by atoms with E-state index >= 15 is 0 Å². The second-order valence-electron chi connectivity index (χ2n) is 5.90. The van der Waals surface area contributed by atoms with Crippen LogP contribution in [0, 0.1) is 6.92 Å². The van der Waals surface area contributed by atoms with E-state index in [0.717, 1.165) is 22.3 Å². The number of fused-ring (bicyclic) bond motifs is 1. The molecule has 9 heteroatoms. The van der Waals surface area contributed by atoms with Gasteiger partial charge in [0.25, 0.3) is 10.0 Å². The predicted octanol–water partition coefficient (Wildman–Crippen LogP) is 3.78. The molecular formula is C18H14ClN5O2S. The first-order valence-corrected chi connectivity index (χ1v) is 9.85. The largest absolute Gasteiger partial charge is 0.280 e. The maximum atomic E-state index is 12.5. The van der Waals surface area contributed by atoms with Crippen LogP contribution in [0.3, 0.4) is 0 Å². The van der Waals surface area contributed by atoms with Crippen molar-refractivity contribution in [2.24, 2.45) is 0 Å². The Morgan fingerprint density at radius 3 is 2.59 bits per heavy atom.